The van der Waals surface area contributed by atoms with Crippen LogP contribution in [0.2, 0.25) is 0 Å². The Morgan fingerprint density at radius 3 is 2.63 bits per heavy atom. The van der Waals surface area contributed by atoms with Crippen LogP contribution in [0, 0.1) is 0 Å². The Labute approximate surface area is 111 Å². The van der Waals surface area contributed by atoms with Gasteiger partial charge < -0.3 is 15.3 Å². The number of rotatable bonds is 4. The van der Waals surface area contributed by atoms with Crippen molar-refractivity contribution in [2.24, 2.45) is 0 Å². The number of carboxylic acid groups (broad SMARTS) is 1. The molecule has 1 aromatic carbocycles. The zero-order valence-corrected chi connectivity index (χ0v) is 11.1. The molecule has 0 aliphatic heterocycles. The van der Waals surface area contributed by atoms with E-state index in [2.05, 4.69) is 15.3 Å². The van der Waals surface area contributed by atoms with Crippen molar-refractivity contribution in [2.75, 3.05) is 24.3 Å². The first-order valence-electron chi connectivity index (χ1n) is 5.92. The molecule has 0 amide bonds. The van der Waals surface area contributed by atoms with Gasteiger partial charge in [0.1, 0.15) is 11.9 Å². The van der Waals surface area contributed by atoms with Gasteiger partial charge in [0.2, 0.25) is 5.95 Å². The Bertz CT molecular complexity index is 613. The molecule has 1 atom stereocenters. The first-order chi connectivity index (χ1) is 8.99. The standard InChI is InChI=1S/C13H16N4O2/c1-8(12(18)19)14-13-15-10-7-5-4-6-9(10)11(16-13)17(2)3/h4-8H,1-3H3,(H,18,19)(H,14,15,16)/t8-/m0/s1. The summed E-state index contributed by atoms with van der Waals surface area (Å²) in [6, 6.07) is 6.89. The molecule has 0 bridgehead atoms. The highest BCUT2D eigenvalue weighted by atomic mass is 16.4. The van der Waals surface area contributed by atoms with Gasteiger partial charge in [-0.25, -0.2) is 4.98 Å². The molecular weight excluding hydrogens is 244 g/mol. The van der Waals surface area contributed by atoms with E-state index in [-0.39, 0.29) is 0 Å². The number of nitrogens with one attached hydrogen (secondary N) is 1. The first kappa shape index (κ1) is 13.1. The number of hydrogen-bond acceptors (Lipinski definition) is 5. The molecular formula is C13H16N4O2. The maximum Gasteiger partial charge on any atom is 0.325 e. The molecule has 6 nitrogen and oxygen atoms in total. The number of aromatic nitrogens is 2. The summed E-state index contributed by atoms with van der Waals surface area (Å²) >= 11 is 0. The second-order valence-electron chi connectivity index (χ2n) is 4.49. The lowest BCUT2D eigenvalue weighted by Crippen LogP contribution is -2.27. The van der Waals surface area contributed by atoms with Crippen LogP contribution in [0.5, 0.6) is 0 Å². The van der Waals surface area contributed by atoms with Crippen molar-refractivity contribution < 1.29 is 9.90 Å². The third-order valence-corrected chi connectivity index (χ3v) is 2.72. The molecule has 0 radical (unpaired) electrons. The fourth-order valence-electron chi connectivity index (χ4n) is 1.72. The van der Waals surface area contributed by atoms with E-state index in [4.69, 9.17) is 5.11 Å². The number of nitrogens with zero attached hydrogens (tertiary/aromatic N) is 3. The molecule has 0 unspecified atom stereocenters. The van der Waals surface area contributed by atoms with Gasteiger partial charge in [-0.1, -0.05) is 12.1 Å². The first-order valence-corrected chi connectivity index (χ1v) is 5.92. The van der Waals surface area contributed by atoms with E-state index >= 15 is 0 Å². The van der Waals surface area contributed by atoms with Gasteiger partial charge in [-0.3, -0.25) is 4.79 Å². The van der Waals surface area contributed by atoms with E-state index in [1.807, 2.05) is 43.3 Å². The fraction of sp³-hybridized carbons (Fsp3) is 0.308. The summed E-state index contributed by atoms with van der Waals surface area (Å²) in [5, 5.41) is 12.6. The highest BCUT2D eigenvalue weighted by molar-refractivity contribution is 5.90. The van der Waals surface area contributed by atoms with Crippen molar-refractivity contribution in [1.29, 1.82) is 0 Å². The van der Waals surface area contributed by atoms with Crippen LogP contribution >= 0.6 is 0 Å². The molecule has 1 heterocycles. The lowest BCUT2D eigenvalue weighted by atomic mass is 10.2. The molecule has 0 aliphatic carbocycles. The van der Waals surface area contributed by atoms with E-state index < -0.39 is 12.0 Å². The van der Waals surface area contributed by atoms with E-state index in [0.29, 0.717) is 5.95 Å². The molecule has 6 heteroatoms. The number of benzene rings is 1. The lowest BCUT2D eigenvalue weighted by molar-refractivity contribution is -0.137. The van der Waals surface area contributed by atoms with E-state index in [9.17, 15) is 4.79 Å². The highest BCUT2D eigenvalue weighted by Crippen LogP contribution is 2.23. The molecule has 0 saturated carbocycles. The number of fused-ring (bicyclic) bond motifs is 1. The number of hydrogen-bond donors (Lipinski definition) is 2. The third-order valence-electron chi connectivity index (χ3n) is 2.72. The summed E-state index contributed by atoms with van der Waals surface area (Å²) in [4.78, 5) is 21.4. The smallest absolute Gasteiger partial charge is 0.325 e. The molecule has 19 heavy (non-hydrogen) atoms. The van der Waals surface area contributed by atoms with Crippen LogP contribution in [0.1, 0.15) is 6.92 Å². The van der Waals surface area contributed by atoms with Gasteiger partial charge in [-0.05, 0) is 19.1 Å². The Hall–Kier alpha value is -2.37. The minimum atomic E-state index is -0.942. The fourth-order valence-corrected chi connectivity index (χ4v) is 1.72. The SMILES string of the molecule is C[C@H](Nc1nc(N(C)C)c2ccccc2n1)C(=O)O. The molecule has 0 saturated heterocycles. The Kier molecular flexibility index (Phi) is 3.50. The number of carbonyl (C=O) groups is 1. The highest BCUT2D eigenvalue weighted by Gasteiger charge is 2.14. The second-order valence-corrected chi connectivity index (χ2v) is 4.49. The van der Waals surface area contributed by atoms with Gasteiger partial charge in [0, 0.05) is 19.5 Å². The van der Waals surface area contributed by atoms with Gasteiger partial charge in [0.05, 0.1) is 5.52 Å². The minimum absolute atomic E-state index is 0.317. The molecule has 1 aromatic heterocycles. The maximum absolute atomic E-state index is 10.9. The van der Waals surface area contributed by atoms with Gasteiger partial charge in [-0.2, -0.15) is 4.98 Å². The van der Waals surface area contributed by atoms with Gasteiger partial charge in [-0.15, -0.1) is 0 Å². The van der Waals surface area contributed by atoms with Crippen LogP contribution in [0.4, 0.5) is 11.8 Å². The minimum Gasteiger partial charge on any atom is -0.480 e. The summed E-state index contributed by atoms with van der Waals surface area (Å²) in [5.41, 5.74) is 0.779. The second kappa shape index (κ2) is 5.09. The van der Waals surface area contributed by atoms with E-state index in [1.54, 1.807) is 6.92 Å². The number of carboxylic acids is 1. The van der Waals surface area contributed by atoms with Crippen molar-refractivity contribution in [3.63, 3.8) is 0 Å². The average Bonchev–Trinajstić information content (AvgIpc) is 2.37. The molecule has 0 fully saturated rings. The summed E-state index contributed by atoms with van der Waals surface area (Å²) < 4.78 is 0. The maximum atomic E-state index is 10.9. The van der Waals surface area contributed by atoms with Crippen molar-refractivity contribution >= 4 is 28.6 Å². The summed E-state index contributed by atoms with van der Waals surface area (Å²) in [6.45, 7) is 1.55. The van der Waals surface area contributed by atoms with Crippen molar-refractivity contribution in [2.45, 2.75) is 13.0 Å². The zero-order valence-electron chi connectivity index (χ0n) is 11.1. The molecule has 2 rings (SSSR count). The van der Waals surface area contributed by atoms with E-state index in [0.717, 1.165) is 16.7 Å². The summed E-state index contributed by atoms with van der Waals surface area (Å²) in [6.07, 6.45) is 0. The van der Waals surface area contributed by atoms with Crippen LogP contribution in [-0.4, -0.2) is 41.2 Å². The van der Waals surface area contributed by atoms with Crippen molar-refractivity contribution in [3.8, 4) is 0 Å². The van der Waals surface area contributed by atoms with Gasteiger partial charge in [0.25, 0.3) is 0 Å². The van der Waals surface area contributed by atoms with Crippen LogP contribution in [0.25, 0.3) is 10.9 Å². The molecule has 2 aromatic rings. The summed E-state index contributed by atoms with van der Waals surface area (Å²) in [5.74, 6) is 0.131. The number of para-hydroxylation sites is 1. The monoisotopic (exact) mass is 260 g/mol. The largest absolute Gasteiger partial charge is 0.480 e. The summed E-state index contributed by atoms with van der Waals surface area (Å²) in [7, 11) is 3.78. The van der Waals surface area contributed by atoms with Crippen LogP contribution in [0.15, 0.2) is 24.3 Å². The molecule has 0 aliphatic rings. The lowest BCUT2D eigenvalue weighted by Gasteiger charge is -2.16. The van der Waals surface area contributed by atoms with Crippen molar-refractivity contribution in [1.82, 2.24) is 9.97 Å². The third kappa shape index (κ3) is 2.73. The van der Waals surface area contributed by atoms with Gasteiger partial charge >= 0.3 is 5.97 Å². The normalized spacial score (nSPS) is 12.2. The quantitative estimate of drug-likeness (QED) is 0.869. The van der Waals surface area contributed by atoms with Crippen LogP contribution in [-0.2, 0) is 4.79 Å². The Morgan fingerprint density at radius 1 is 1.32 bits per heavy atom. The predicted octanol–water partition coefficient (Wildman–Crippen LogP) is 1.58. The Balaban J connectivity index is 2.49. The molecule has 2 N–H and O–H groups in total. The topological polar surface area (TPSA) is 78.4 Å². The van der Waals surface area contributed by atoms with Crippen LogP contribution in [0.3, 0.4) is 0 Å². The van der Waals surface area contributed by atoms with Crippen molar-refractivity contribution in [3.05, 3.63) is 24.3 Å². The average molecular weight is 260 g/mol. The molecule has 0 spiro atoms. The predicted molar refractivity (Wildman–Crippen MR) is 74.6 cm³/mol. The van der Waals surface area contributed by atoms with Crippen LogP contribution < -0.4 is 10.2 Å². The number of aliphatic carboxylic acids is 1. The van der Waals surface area contributed by atoms with E-state index in [1.165, 1.54) is 0 Å². The zero-order chi connectivity index (χ0) is 14.0. The molecule has 100 valence electrons. The Morgan fingerprint density at radius 2 is 2.00 bits per heavy atom. The van der Waals surface area contributed by atoms with Gasteiger partial charge in [0.15, 0.2) is 0 Å². The number of anilines is 2.